The second-order valence-corrected chi connectivity index (χ2v) is 5.70. The first-order chi connectivity index (χ1) is 9.00. The van der Waals surface area contributed by atoms with Crippen molar-refractivity contribution in [2.45, 2.75) is 26.4 Å². The number of rotatable bonds is 5. The number of aliphatic hydroxyl groups is 1. The summed E-state index contributed by atoms with van der Waals surface area (Å²) >= 11 is 0. The first kappa shape index (κ1) is 14.0. The summed E-state index contributed by atoms with van der Waals surface area (Å²) in [7, 11) is 0. The summed E-state index contributed by atoms with van der Waals surface area (Å²) in [6.07, 6.45) is 3.60. The predicted octanol–water partition coefficient (Wildman–Crippen LogP) is 2.69. The lowest BCUT2D eigenvalue weighted by Crippen LogP contribution is -2.37. The van der Waals surface area contributed by atoms with Crippen LogP contribution in [0.2, 0.25) is 0 Å². The van der Waals surface area contributed by atoms with E-state index >= 15 is 0 Å². The molecule has 19 heavy (non-hydrogen) atoms. The van der Waals surface area contributed by atoms with Gasteiger partial charge in [0, 0.05) is 24.3 Å². The fourth-order valence-corrected chi connectivity index (χ4v) is 2.28. The molecule has 0 bridgehead atoms. The Morgan fingerprint density at radius 2 is 2.11 bits per heavy atom. The van der Waals surface area contributed by atoms with Crippen molar-refractivity contribution in [3.05, 3.63) is 42.2 Å². The highest BCUT2D eigenvalue weighted by Crippen LogP contribution is 2.27. The molecule has 2 aromatic rings. The minimum atomic E-state index is -0.891. The third-order valence-electron chi connectivity index (χ3n) is 3.29. The Kier molecular flexibility index (Phi) is 4.17. The van der Waals surface area contributed by atoms with Crippen LogP contribution in [-0.4, -0.2) is 23.2 Å². The molecule has 1 atom stereocenters. The second kappa shape index (κ2) is 5.68. The monoisotopic (exact) mass is 258 g/mol. The molecule has 0 radical (unpaired) electrons. The average molecular weight is 258 g/mol. The summed E-state index contributed by atoms with van der Waals surface area (Å²) in [5.41, 5.74) is 0.0339. The van der Waals surface area contributed by atoms with Crippen molar-refractivity contribution in [3.63, 3.8) is 0 Å². The van der Waals surface area contributed by atoms with Crippen LogP contribution in [0.15, 0.2) is 36.7 Å². The van der Waals surface area contributed by atoms with Crippen molar-refractivity contribution in [1.29, 1.82) is 0 Å². The van der Waals surface area contributed by atoms with Gasteiger partial charge in [0.25, 0.3) is 0 Å². The molecular weight excluding hydrogens is 236 g/mol. The molecule has 0 aliphatic heterocycles. The molecule has 2 N–H and O–H groups in total. The summed E-state index contributed by atoms with van der Waals surface area (Å²) in [6.45, 7) is 7.60. The zero-order valence-electron chi connectivity index (χ0n) is 11.9. The Balaban J connectivity index is 2.27. The van der Waals surface area contributed by atoms with Gasteiger partial charge in [0.2, 0.25) is 0 Å². The average Bonchev–Trinajstić information content (AvgIpc) is 2.37. The molecule has 0 aliphatic rings. The number of nitrogens with zero attached hydrogens (tertiary/aromatic N) is 1. The van der Waals surface area contributed by atoms with Gasteiger partial charge in [0.05, 0.1) is 5.60 Å². The predicted molar refractivity (Wildman–Crippen MR) is 79.0 cm³/mol. The van der Waals surface area contributed by atoms with E-state index in [1.807, 2.05) is 37.4 Å². The lowest BCUT2D eigenvalue weighted by atomic mass is 9.91. The number of hydrogen-bond donors (Lipinski definition) is 2. The number of hydrogen-bond acceptors (Lipinski definition) is 3. The van der Waals surface area contributed by atoms with E-state index in [0.717, 1.165) is 22.9 Å². The van der Waals surface area contributed by atoms with E-state index in [2.05, 4.69) is 24.1 Å². The van der Waals surface area contributed by atoms with Crippen molar-refractivity contribution in [3.8, 4) is 0 Å². The van der Waals surface area contributed by atoms with Crippen LogP contribution >= 0.6 is 0 Å². The second-order valence-electron chi connectivity index (χ2n) is 5.70. The standard InChI is InChI=1S/C16H22N2O/c1-12(2)9-18-11-16(3,19)15-6-4-5-13-7-8-17-10-14(13)15/h4-8,10,12,18-19H,9,11H2,1-3H3. The topological polar surface area (TPSA) is 45.1 Å². The van der Waals surface area contributed by atoms with Crippen LogP contribution in [0.4, 0.5) is 0 Å². The van der Waals surface area contributed by atoms with Crippen molar-refractivity contribution in [1.82, 2.24) is 10.3 Å². The number of aromatic nitrogens is 1. The largest absolute Gasteiger partial charge is 0.384 e. The minimum Gasteiger partial charge on any atom is -0.384 e. The minimum absolute atomic E-state index is 0.541. The van der Waals surface area contributed by atoms with Crippen molar-refractivity contribution < 1.29 is 5.11 Å². The van der Waals surface area contributed by atoms with Gasteiger partial charge in [0.15, 0.2) is 0 Å². The number of benzene rings is 1. The number of pyridine rings is 1. The van der Waals surface area contributed by atoms with Gasteiger partial charge in [-0.1, -0.05) is 32.0 Å². The smallest absolute Gasteiger partial charge is 0.0998 e. The van der Waals surface area contributed by atoms with Gasteiger partial charge < -0.3 is 10.4 Å². The van der Waals surface area contributed by atoms with Gasteiger partial charge in [-0.05, 0) is 36.4 Å². The lowest BCUT2D eigenvalue weighted by Gasteiger charge is -2.26. The molecule has 0 aliphatic carbocycles. The van der Waals surface area contributed by atoms with Crippen LogP contribution < -0.4 is 5.32 Å². The van der Waals surface area contributed by atoms with Crippen LogP contribution in [0.5, 0.6) is 0 Å². The molecule has 1 aromatic heterocycles. The maximum Gasteiger partial charge on any atom is 0.0998 e. The van der Waals surface area contributed by atoms with E-state index in [1.165, 1.54) is 0 Å². The molecule has 3 nitrogen and oxygen atoms in total. The summed E-state index contributed by atoms with van der Waals surface area (Å²) in [5, 5.41) is 16.1. The third kappa shape index (κ3) is 3.31. The Morgan fingerprint density at radius 3 is 2.84 bits per heavy atom. The Morgan fingerprint density at radius 1 is 1.32 bits per heavy atom. The molecular formula is C16H22N2O. The normalized spacial score (nSPS) is 14.8. The first-order valence-corrected chi connectivity index (χ1v) is 6.77. The Labute approximate surface area is 114 Å². The maximum atomic E-state index is 10.7. The zero-order chi connectivity index (χ0) is 13.9. The molecule has 0 saturated heterocycles. The number of fused-ring (bicyclic) bond motifs is 1. The zero-order valence-corrected chi connectivity index (χ0v) is 11.9. The maximum absolute atomic E-state index is 10.7. The molecule has 0 spiro atoms. The quantitative estimate of drug-likeness (QED) is 0.866. The van der Waals surface area contributed by atoms with E-state index in [1.54, 1.807) is 6.20 Å². The van der Waals surface area contributed by atoms with Crippen LogP contribution in [0.3, 0.4) is 0 Å². The molecule has 3 heteroatoms. The van der Waals surface area contributed by atoms with Crippen molar-refractivity contribution in [2.24, 2.45) is 5.92 Å². The highest BCUT2D eigenvalue weighted by Gasteiger charge is 2.24. The van der Waals surface area contributed by atoms with Crippen LogP contribution in [-0.2, 0) is 5.60 Å². The summed E-state index contributed by atoms with van der Waals surface area (Å²) < 4.78 is 0. The van der Waals surface area contributed by atoms with E-state index in [9.17, 15) is 5.11 Å². The van der Waals surface area contributed by atoms with Gasteiger partial charge >= 0.3 is 0 Å². The SMILES string of the molecule is CC(C)CNCC(C)(O)c1cccc2ccncc12. The summed E-state index contributed by atoms with van der Waals surface area (Å²) in [5.74, 6) is 0.574. The van der Waals surface area contributed by atoms with Gasteiger partial charge in [-0.25, -0.2) is 0 Å². The highest BCUT2D eigenvalue weighted by atomic mass is 16.3. The first-order valence-electron chi connectivity index (χ1n) is 6.77. The molecule has 102 valence electrons. The lowest BCUT2D eigenvalue weighted by molar-refractivity contribution is 0.0579. The van der Waals surface area contributed by atoms with Gasteiger partial charge in [0.1, 0.15) is 0 Å². The van der Waals surface area contributed by atoms with Crippen LogP contribution in [0, 0.1) is 5.92 Å². The van der Waals surface area contributed by atoms with Gasteiger partial charge in [-0.2, -0.15) is 0 Å². The molecule has 1 heterocycles. The molecule has 2 rings (SSSR count). The van der Waals surface area contributed by atoms with Crippen molar-refractivity contribution in [2.75, 3.05) is 13.1 Å². The van der Waals surface area contributed by atoms with E-state index < -0.39 is 5.60 Å². The molecule has 1 aromatic carbocycles. The molecule has 0 amide bonds. The fraction of sp³-hybridized carbons (Fsp3) is 0.438. The van der Waals surface area contributed by atoms with Crippen molar-refractivity contribution >= 4 is 10.8 Å². The summed E-state index contributed by atoms with van der Waals surface area (Å²) in [6, 6.07) is 7.96. The van der Waals surface area contributed by atoms with Crippen LogP contribution in [0.1, 0.15) is 26.3 Å². The van der Waals surface area contributed by atoms with E-state index in [0.29, 0.717) is 12.5 Å². The number of nitrogens with one attached hydrogen (secondary N) is 1. The molecule has 0 fully saturated rings. The highest BCUT2D eigenvalue weighted by molar-refractivity contribution is 5.85. The Hall–Kier alpha value is -1.45. The molecule has 0 saturated carbocycles. The van der Waals surface area contributed by atoms with Gasteiger partial charge in [-0.3, -0.25) is 4.98 Å². The van der Waals surface area contributed by atoms with E-state index in [4.69, 9.17) is 0 Å². The Bertz CT molecular complexity index is 544. The third-order valence-corrected chi connectivity index (χ3v) is 3.29. The fourth-order valence-electron chi connectivity index (χ4n) is 2.28. The molecule has 1 unspecified atom stereocenters. The summed E-state index contributed by atoms with van der Waals surface area (Å²) in [4.78, 5) is 4.16. The van der Waals surface area contributed by atoms with E-state index in [-0.39, 0.29) is 0 Å². The van der Waals surface area contributed by atoms with Gasteiger partial charge in [-0.15, -0.1) is 0 Å². The van der Waals surface area contributed by atoms with Crippen LogP contribution in [0.25, 0.3) is 10.8 Å².